The van der Waals surface area contributed by atoms with Crippen molar-refractivity contribution in [2.24, 2.45) is 0 Å². The van der Waals surface area contributed by atoms with Gasteiger partial charge < -0.3 is 15.4 Å². The number of ether oxygens (including phenoxy) is 1. The van der Waals surface area contributed by atoms with Crippen LogP contribution in [0, 0.1) is 11.6 Å². The third-order valence-electron chi connectivity index (χ3n) is 2.95. The second-order valence-corrected chi connectivity index (χ2v) is 4.85. The smallest absolute Gasteiger partial charge is 0.151 e. The third kappa shape index (κ3) is 2.20. The van der Waals surface area contributed by atoms with Gasteiger partial charge in [-0.25, -0.2) is 8.78 Å². The fourth-order valence-corrected chi connectivity index (χ4v) is 2.12. The Bertz CT molecular complexity index is 412. The molecule has 0 bridgehead atoms. The molecule has 0 unspecified atom stereocenters. The van der Waals surface area contributed by atoms with Crippen molar-refractivity contribution in [1.82, 2.24) is 0 Å². The van der Waals surface area contributed by atoms with E-state index in [1.54, 1.807) is 4.90 Å². The summed E-state index contributed by atoms with van der Waals surface area (Å²) >= 11 is 0. The van der Waals surface area contributed by atoms with E-state index in [4.69, 9.17) is 10.5 Å². The van der Waals surface area contributed by atoms with Crippen LogP contribution in [0.2, 0.25) is 0 Å². The number of hydrogen-bond acceptors (Lipinski definition) is 3. The largest absolute Gasteiger partial charge is 0.399 e. The van der Waals surface area contributed by atoms with E-state index >= 15 is 0 Å². The van der Waals surface area contributed by atoms with Crippen LogP contribution in [-0.4, -0.2) is 25.3 Å². The molecule has 0 saturated carbocycles. The summed E-state index contributed by atoms with van der Waals surface area (Å²) in [5.41, 5.74) is 5.04. The molecule has 1 aliphatic rings. The Labute approximate surface area is 99.2 Å². The Morgan fingerprint density at radius 1 is 1.29 bits per heavy atom. The van der Waals surface area contributed by atoms with Gasteiger partial charge in [0.25, 0.3) is 0 Å². The van der Waals surface area contributed by atoms with Crippen LogP contribution in [-0.2, 0) is 4.74 Å². The molecular weight excluding hydrogens is 226 g/mol. The lowest BCUT2D eigenvalue weighted by molar-refractivity contribution is 0.0635. The van der Waals surface area contributed by atoms with E-state index in [1.807, 2.05) is 13.8 Å². The Kier molecular flexibility index (Phi) is 2.95. The standard InChI is InChI=1S/C12H16F2N2O/c1-12(2)7-17-4-3-16(12)11-9(13)5-8(15)6-10(11)14/h5-6H,3-4,7,15H2,1-2H3. The monoisotopic (exact) mass is 242 g/mol. The molecule has 2 rings (SSSR count). The Morgan fingerprint density at radius 2 is 1.88 bits per heavy atom. The summed E-state index contributed by atoms with van der Waals surface area (Å²) in [7, 11) is 0. The van der Waals surface area contributed by atoms with E-state index in [2.05, 4.69) is 0 Å². The van der Waals surface area contributed by atoms with Gasteiger partial charge >= 0.3 is 0 Å². The number of morpholine rings is 1. The Morgan fingerprint density at radius 3 is 2.41 bits per heavy atom. The maximum atomic E-state index is 13.8. The second-order valence-electron chi connectivity index (χ2n) is 4.85. The number of nitrogens with zero attached hydrogens (tertiary/aromatic N) is 1. The maximum absolute atomic E-state index is 13.8. The summed E-state index contributed by atoms with van der Waals surface area (Å²) in [5, 5.41) is 0. The van der Waals surface area contributed by atoms with Crippen LogP contribution in [0.15, 0.2) is 12.1 Å². The summed E-state index contributed by atoms with van der Waals surface area (Å²) in [6.07, 6.45) is 0. The lowest BCUT2D eigenvalue weighted by atomic mass is 10.0. The van der Waals surface area contributed by atoms with E-state index < -0.39 is 17.2 Å². The molecule has 0 aliphatic carbocycles. The maximum Gasteiger partial charge on any atom is 0.151 e. The highest BCUT2D eigenvalue weighted by Crippen LogP contribution is 2.32. The van der Waals surface area contributed by atoms with Gasteiger partial charge in [0, 0.05) is 12.2 Å². The predicted molar refractivity (Wildman–Crippen MR) is 63.0 cm³/mol. The number of benzene rings is 1. The molecule has 0 amide bonds. The highest BCUT2D eigenvalue weighted by Gasteiger charge is 2.34. The van der Waals surface area contributed by atoms with Crippen LogP contribution >= 0.6 is 0 Å². The summed E-state index contributed by atoms with van der Waals surface area (Å²) in [6, 6.07) is 2.29. The lowest BCUT2D eigenvalue weighted by Gasteiger charge is -2.43. The normalized spacial score (nSPS) is 19.4. The first-order valence-corrected chi connectivity index (χ1v) is 5.52. The molecule has 1 aromatic carbocycles. The molecule has 0 aromatic heterocycles. The first kappa shape index (κ1) is 12.1. The molecule has 2 N–H and O–H groups in total. The van der Waals surface area contributed by atoms with Gasteiger partial charge in [0.1, 0.15) is 5.69 Å². The number of halogens is 2. The Balaban J connectivity index is 2.45. The molecule has 0 atom stereocenters. The van der Waals surface area contributed by atoms with Crippen molar-refractivity contribution in [2.45, 2.75) is 19.4 Å². The molecule has 5 heteroatoms. The van der Waals surface area contributed by atoms with Crippen LogP contribution in [0.5, 0.6) is 0 Å². The van der Waals surface area contributed by atoms with Gasteiger partial charge in [-0.3, -0.25) is 0 Å². The fraction of sp³-hybridized carbons (Fsp3) is 0.500. The van der Waals surface area contributed by atoms with Gasteiger partial charge in [-0.1, -0.05) is 0 Å². The number of hydrogen-bond donors (Lipinski definition) is 1. The van der Waals surface area contributed by atoms with Gasteiger partial charge in [-0.2, -0.15) is 0 Å². The summed E-state index contributed by atoms with van der Waals surface area (Å²) in [6.45, 7) is 5.15. The molecule has 3 nitrogen and oxygen atoms in total. The van der Waals surface area contributed by atoms with Gasteiger partial charge in [-0.05, 0) is 26.0 Å². The predicted octanol–water partition coefficient (Wildman–Crippen LogP) is 2.16. The molecule has 0 spiro atoms. The number of nitrogens with two attached hydrogens (primary N) is 1. The topological polar surface area (TPSA) is 38.5 Å². The van der Waals surface area contributed by atoms with Crippen LogP contribution < -0.4 is 10.6 Å². The minimum Gasteiger partial charge on any atom is -0.399 e. The fourth-order valence-electron chi connectivity index (χ4n) is 2.12. The van der Waals surface area contributed by atoms with Gasteiger partial charge in [0.2, 0.25) is 0 Å². The average molecular weight is 242 g/mol. The summed E-state index contributed by atoms with van der Waals surface area (Å²) < 4.78 is 33.0. The molecule has 1 fully saturated rings. The van der Waals surface area contributed by atoms with Crippen molar-refractivity contribution in [1.29, 1.82) is 0 Å². The molecule has 1 aliphatic heterocycles. The molecular formula is C12H16F2N2O. The van der Waals surface area contributed by atoms with Crippen molar-refractivity contribution < 1.29 is 13.5 Å². The molecule has 17 heavy (non-hydrogen) atoms. The minimum atomic E-state index is -0.627. The summed E-state index contributed by atoms with van der Waals surface area (Å²) in [5.74, 6) is -1.25. The van der Waals surface area contributed by atoms with Crippen molar-refractivity contribution in [3.05, 3.63) is 23.8 Å². The van der Waals surface area contributed by atoms with Crippen molar-refractivity contribution in [3.8, 4) is 0 Å². The molecule has 0 radical (unpaired) electrons. The lowest BCUT2D eigenvalue weighted by Crippen LogP contribution is -2.53. The first-order valence-electron chi connectivity index (χ1n) is 5.52. The van der Waals surface area contributed by atoms with E-state index in [9.17, 15) is 8.78 Å². The van der Waals surface area contributed by atoms with Crippen LogP contribution in [0.3, 0.4) is 0 Å². The zero-order chi connectivity index (χ0) is 12.6. The zero-order valence-electron chi connectivity index (χ0n) is 9.96. The molecule has 1 aromatic rings. The molecule has 94 valence electrons. The van der Waals surface area contributed by atoms with Gasteiger partial charge in [0.05, 0.1) is 18.8 Å². The third-order valence-corrected chi connectivity index (χ3v) is 2.95. The summed E-state index contributed by atoms with van der Waals surface area (Å²) in [4.78, 5) is 1.70. The average Bonchev–Trinajstić information content (AvgIpc) is 2.18. The molecule has 1 saturated heterocycles. The van der Waals surface area contributed by atoms with Crippen molar-refractivity contribution >= 4 is 11.4 Å². The van der Waals surface area contributed by atoms with E-state index in [1.165, 1.54) is 0 Å². The second kappa shape index (κ2) is 4.14. The van der Waals surface area contributed by atoms with Crippen molar-refractivity contribution in [3.63, 3.8) is 0 Å². The minimum absolute atomic E-state index is 0.0208. The van der Waals surface area contributed by atoms with Crippen LogP contribution in [0.1, 0.15) is 13.8 Å². The SMILES string of the molecule is CC1(C)COCCN1c1c(F)cc(N)cc1F. The van der Waals surface area contributed by atoms with E-state index in [-0.39, 0.29) is 11.4 Å². The van der Waals surface area contributed by atoms with Gasteiger partial charge in [-0.15, -0.1) is 0 Å². The van der Waals surface area contributed by atoms with Crippen LogP contribution in [0.4, 0.5) is 20.2 Å². The number of nitrogen functional groups attached to an aromatic ring is 1. The van der Waals surface area contributed by atoms with Crippen LogP contribution in [0.25, 0.3) is 0 Å². The quantitative estimate of drug-likeness (QED) is 0.767. The highest BCUT2D eigenvalue weighted by molar-refractivity contribution is 5.57. The zero-order valence-corrected chi connectivity index (χ0v) is 9.96. The van der Waals surface area contributed by atoms with Crippen molar-refractivity contribution in [2.75, 3.05) is 30.4 Å². The number of rotatable bonds is 1. The number of anilines is 2. The Hall–Kier alpha value is -1.36. The van der Waals surface area contributed by atoms with E-state index in [0.29, 0.717) is 19.8 Å². The highest BCUT2D eigenvalue weighted by atomic mass is 19.1. The first-order chi connectivity index (χ1) is 7.92. The van der Waals surface area contributed by atoms with Gasteiger partial charge in [0.15, 0.2) is 11.6 Å². The van der Waals surface area contributed by atoms with E-state index in [0.717, 1.165) is 12.1 Å². The molecule has 1 heterocycles.